The van der Waals surface area contributed by atoms with Gasteiger partial charge in [-0.3, -0.25) is 0 Å². The van der Waals surface area contributed by atoms with E-state index >= 15 is 0 Å². The minimum atomic E-state index is -3.25. The Bertz CT molecular complexity index is 327. The van der Waals surface area contributed by atoms with Gasteiger partial charge in [0.05, 0.1) is 0 Å². The number of rotatable bonds is 1. The summed E-state index contributed by atoms with van der Waals surface area (Å²) in [5, 5.41) is 0. The first-order valence-corrected chi connectivity index (χ1v) is 8.07. The molecule has 0 amide bonds. The summed E-state index contributed by atoms with van der Waals surface area (Å²) in [6.45, 7) is 1.93. The Labute approximate surface area is 96.2 Å². The van der Waals surface area contributed by atoms with Gasteiger partial charge in [-0.1, -0.05) is 0 Å². The number of fused-ring (bicyclic) bond motifs is 1. The normalized spacial score (nSPS) is 41.9. The number of hydrogen-bond acceptors (Lipinski definition) is 4. The van der Waals surface area contributed by atoms with Crippen LogP contribution in [0.15, 0.2) is 11.8 Å². The Balaban J connectivity index is 1.88. The summed E-state index contributed by atoms with van der Waals surface area (Å²) < 4.78 is 23.8. The molecule has 2 unspecified atom stereocenters. The van der Waals surface area contributed by atoms with Gasteiger partial charge in [0, 0.05) is 0 Å². The zero-order chi connectivity index (χ0) is 11.3. The van der Waals surface area contributed by atoms with Crippen molar-refractivity contribution in [2.75, 3.05) is 13.3 Å². The molecule has 0 bridgehead atoms. The molecule has 3 rings (SSSR count). The quantitative estimate of drug-likeness (QED) is 0.666. The minimum absolute atomic E-state index is 0.172. The van der Waals surface area contributed by atoms with Crippen LogP contribution in [0.3, 0.4) is 0 Å². The average Bonchev–Trinajstić information content (AvgIpc) is 2.79. The van der Waals surface area contributed by atoms with Gasteiger partial charge in [-0.2, -0.15) is 0 Å². The van der Waals surface area contributed by atoms with E-state index in [4.69, 9.17) is 18.1 Å². The average molecular weight is 246 g/mol. The molecule has 1 saturated heterocycles. The van der Waals surface area contributed by atoms with Crippen LogP contribution < -0.4 is 0 Å². The maximum absolute atomic E-state index is 6.13. The maximum atomic E-state index is 6.13. The summed E-state index contributed by atoms with van der Waals surface area (Å²) in [6.07, 6.45) is 7.55. The Morgan fingerprint density at radius 2 is 1.88 bits per heavy atom. The first kappa shape index (κ1) is 11.0. The fourth-order valence-corrected chi connectivity index (χ4v) is 6.30. The van der Waals surface area contributed by atoms with Crippen molar-refractivity contribution in [3.05, 3.63) is 11.8 Å². The fourth-order valence-electron chi connectivity index (χ4n) is 2.81. The SMILES string of the molecule is COP12(CC=C(C)O1)OC1CCCCC1O2. The second-order valence-corrected chi connectivity index (χ2v) is 8.07. The third-order valence-electron chi connectivity index (χ3n) is 3.67. The summed E-state index contributed by atoms with van der Waals surface area (Å²) in [4.78, 5) is 0. The first-order valence-electron chi connectivity index (χ1n) is 5.98. The zero-order valence-corrected chi connectivity index (χ0v) is 10.7. The number of allylic oxidation sites excluding steroid dienone is 2. The van der Waals surface area contributed by atoms with E-state index in [2.05, 4.69) is 0 Å². The molecule has 1 saturated carbocycles. The van der Waals surface area contributed by atoms with Crippen molar-refractivity contribution in [3.63, 3.8) is 0 Å². The van der Waals surface area contributed by atoms with Crippen LogP contribution in [-0.2, 0) is 18.1 Å². The Kier molecular flexibility index (Phi) is 2.35. The van der Waals surface area contributed by atoms with Crippen molar-refractivity contribution < 1.29 is 18.1 Å². The van der Waals surface area contributed by atoms with Gasteiger partial charge >= 0.3 is 95.5 Å². The van der Waals surface area contributed by atoms with E-state index in [0.29, 0.717) is 6.16 Å². The van der Waals surface area contributed by atoms with E-state index in [1.54, 1.807) is 7.11 Å². The summed E-state index contributed by atoms with van der Waals surface area (Å²) in [7, 11) is -1.61. The first-order chi connectivity index (χ1) is 7.65. The molecule has 2 fully saturated rings. The predicted molar refractivity (Wildman–Crippen MR) is 61.9 cm³/mol. The Hall–Kier alpha value is -0.150. The van der Waals surface area contributed by atoms with Crippen molar-refractivity contribution in [1.29, 1.82) is 0 Å². The van der Waals surface area contributed by atoms with Crippen LogP contribution in [0.5, 0.6) is 0 Å². The third kappa shape index (κ3) is 1.44. The van der Waals surface area contributed by atoms with Crippen molar-refractivity contribution in [2.45, 2.75) is 44.8 Å². The summed E-state index contributed by atoms with van der Waals surface area (Å²) in [5.41, 5.74) is 0. The molecule has 5 heteroatoms. The zero-order valence-electron chi connectivity index (χ0n) is 9.85. The molecule has 92 valence electrons. The topological polar surface area (TPSA) is 36.9 Å². The van der Waals surface area contributed by atoms with E-state index in [0.717, 1.165) is 18.6 Å². The van der Waals surface area contributed by atoms with Crippen LogP contribution in [-0.4, -0.2) is 25.5 Å². The summed E-state index contributed by atoms with van der Waals surface area (Å²) in [6, 6.07) is 0. The summed E-state index contributed by atoms with van der Waals surface area (Å²) >= 11 is 0. The van der Waals surface area contributed by atoms with Crippen LogP contribution in [0, 0.1) is 0 Å². The number of hydrogen-bond donors (Lipinski definition) is 0. The molecule has 0 aromatic carbocycles. The molecule has 0 N–H and O–H groups in total. The van der Waals surface area contributed by atoms with Crippen LogP contribution >= 0.6 is 7.51 Å². The van der Waals surface area contributed by atoms with E-state index in [-0.39, 0.29) is 12.2 Å². The van der Waals surface area contributed by atoms with Crippen molar-refractivity contribution in [2.24, 2.45) is 0 Å². The molecule has 16 heavy (non-hydrogen) atoms. The van der Waals surface area contributed by atoms with Gasteiger partial charge in [-0.05, 0) is 0 Å². The molecule has 3 aliphatic rings. The molecule has 2 heterocycles. The summed E-state index contributed by atoms with van der Waals surface area (Å²) in [5.74, 6) is 0.859. The van der Waals surface area contributed by atoms with Crippen LogP contribution in [0.25, 0.3) is 0 Å². The third-order valence-corrected chi connectivity index (χ3v) is 7.15. The molecule has 1 spiro atoms. The van der Waals surface area contributed by atoms with Crippen molar-refractivity contribution >= 4 is 7.51 Å². The molecule has 0 radical (unpaired) electrons. The van der Waals surface area contributed by atoms with Gasteiger partial charge in [-0.15, -0.1) is 0 Å². The van der Waals surface area contributed by atoms with Gasteiger partial charge in [0.2, 0.25) is 0 Å². The Morgan fingerprint density at radius 1 is 1.25 bits per heavy atom. The Morgan fingerprint density at radius 3 is 2.31 bits per heavy atom. The van der Waals surface area contributed by atoms with E-state index in [9.17, 15) is 0 Å². The van der Waals surface area contributed by atoms with Gasteiger partial charge in [-0.25, -0.2) is 0 Å². The van der Waals surface area contributed by atoms with Crippen LogP contribution in [0.2, 0.25) is 0 Å². The molecule has 4 nitrogen and oxygen atoms in total. The van der Waals surface area contributed by atoms with E-state index in [1.165, 1.54) is 12.8 Å². The molecule has 2 atom stereocenters. The van der Waals surface area contributed by atoms with E-state index < -0.39 is 7.51 Å². The fraction of sp³-hybridized carbons (Fsp3) is 0.818. The second-order valence-electron chi connectivity index (χ2n) is 4.81. The monoisotopic (exact) mass is 246 g/mol. The van der Waals surface area contributed by atoms with Gasteiger partial charge in [0.15, 0.2) is 0 Å². The molecule has 0 aromatic heterocycles. The van der Waals surface area contributed by atoms with Gasteiger partial charge < -0.3 is 0 Å². The molecule has 1 aliphatic carbocycles. The predicted octanol–water partition coefficient (Wildman–Crippen LogP) is 3.14. The standard InChI is InChI=1S/C11H19O4P/c1-9-7-8-16(12-2,13-9)14-10-5-3-4-6-11(10)15-16/h7,10-11H,3-6,8H2,1-2H3. The molecule has 2 aliphatic heterocycles. The van der Waals surface area contributed by atoms with Crippen molar-refractivity contribution in [3.8, 4) is 0 Å². The van der Waals surface area contributed by atoms with Gasteiger partial charge in [0.1, 0.15) is 0 Å². The molecular weight excluding hydrogens is 227 g/mol. The van der Waals surface area contributed by atoms with Gasteiger partial charge in [0.25, 0.3) is 0 Å². The van der Waals surface area contributed by atoms with Crippen LogP contribution in [0.4, 0.5) is 0 Å². The molecular formula is C11H19O4P. The van der Waals surface area contributed by atoms with Crippen molar-refractivity contribution in [1.82, 2.24) is 0 Å². The van der Waals surface area contributed by atoms with Crippen LogP contribution in [0.1, 0.15) is 32.6 Å². The van der Waals surface area contributed by atoms with E-state index in [1.807, 2.05) is 13.0 Å². The second kappa shape index (κ2) is 3.42. The molecule has 0 aromatic rings.